The van der Waals surface area contributed by atoms with E-state index in [0.29, 0.717) is 69.4 Å². The van der Waals surface area contributed by atoms with Crippen molar-refractivity contribution in [3.05, 3.63) is 29.3 Å². The first-order chi connectivity index (χ1) is 17.9. The zero-order valence-electron chi connectivity index (χ0n) is 22.8. The van der Waals surface area contributed by atoms with Gasteiger partial charge in [0.15, 0.2) is 0 Å². The number of alkyl halides is 3. The van der Waals surface area contributed by atoms with Crippen LogP contribution in [0.25, 0.3) is 0 Å². The number of carboxylic acids is 1. The Morgan fingerprint density at radius 1 is 1.11 bits per heavy atom. The van der Waals surface area contributed by atoms with Crippen LogP contribution in [0, 0.1) is 23.2 Å². The zero-order valence-corrected chi connectivity index (χ0v) is 22.8. The third kappa shape index (κ3) is 6.46. The topological polar surface area (TPSA) is 72.9 Å². The van der Waals surface area contributed by atoms with Crippen molar-refractivity contribution >= 4 is 17.6 Å². The van der Waals surface area contributed by atoms with E-state index >= 15 is 0 Å². The van der Waals surface area contributed by atoms with Gasteiger partial charge in [-0.15, -0.1) is 0 Å². The number of amides is 1. The van der Waals surface area contributed by atoms with Crippen LogP contribution in [-0.4, -0.2) is 61.2 Å². The smallest absolute Gasteiger partial charge is 0.416 e. The highest BCUT2D eigenvalue weighted by atomic mass is 19.4. The number of carbonyl (C=O) groups is 2. The molecule has 38 heavy (non-hydrogen) atoms. The first kappa shape index (κ1) is 28.7. The Morgan fingerprint density at radius 3 is 2.34 bits per heavy atom. The fraction of sp³-hybridized carbons (Fsp3) is 0.724. The van der Waals surface area contributed by atoms with Crippen molar-refractivity contribution in [3.63, 3.8) is 0 Å². The van der Waals surface area contributed by atoms with E-state index in [0.717, 1.165) is 37.6 Å². The highest BCUT2D eigenvalue weighted by Gasteiger charge is 2.57. The summed E-state index contributed by atoms with van der Waals surface area (Å²) in [6.45, 7) is 10.3. The maximum atomic E-state index is 13.6. The predicted molar refractivity (Wildman–Crippen MR) is 141 cm³/mol. The molecule has 2 N–H and O–H groups in total. The molecule has 0 spiro atoms. The lowest BCUT2D eigenvalue weighted by atomic mass is 9.86. The third-order valence-corrected chi connectivity index (χ3v) is 8.95. The van der Waals surface area contributed by atoms with Crippen LogP contribution in [0.15, 0.2) is 18.2 Å². The van der Waals surface area contributed by atoms with Gasteiger partial charge in [0.05, 0.1) is 16.9 Å². The first-order valence-corrected chi connectivity index (χ1v) is 14.1. The molecule has 0 radical (unpaired) electrons. The van der Waals surface area contributed by atoms with Crippen molar-refractivity contribution in [1.82, 2.24) is 10.2 Å². The van der Waals surface area contributed by atoms with Gasteiger partial charge in [-0.05, 0) is 87.1 Å². The van der Waals surface area contributed by atoms with E-state index in [2.05, 4.69) is 26.1 Å². The molecule has 4 rings (SSSR count). The molecule has 0 aromatic heterocycles. The molecule has 212 valence electrons. The van der Waals surface area contributed by atoms with Crippen molar-refractivity contribution in [2.24, 2.45) is 23.2 Å². The molecule has 1 aromatic carbocycles. The van der Waals surface area contributed by atoms with E-state index in [4.69, 9.17) is 0 Å². The van der Waals surface area contributed by atoms with Gasteiger partial charge in [-0.25, -0.2) is 0 Å². The molecule has 1 amide bonds. The van der Waals surface area contributed by atoms with E-state index in [1.807, 2.05) is 9.80 Å². The Kier molecular flexibility index (Phi) is 8.65. The fourth-order valence-corrected chi connectivity index (χ4v) is 6.14. The molecule has 1 aliphatic carbocycles. The summed E-state index contributed by atoms with van der Waals surface area (Å²) >= 11 is 0. The molecule has 2 unspecified atom stereocenters. The van der Waals surface area contributed by atoms with Crippen molar-refractivity contribution in [1.29, 1.82) is 0 Å². The number of hydrogen-bond acceptors (Lipinski definition) is 4. The highest BCUT2D eigenvalue weighted by Crippen LogP contribution is 2.53. The van der Waals surface area contributed by atoms with E-state index in [1.165, 1.54) is 6.07 Å². The van der Waals surface area contributed by atoms with Crippen LogP contribution in [0.1, 0.15) is 76.3 Å². The van der Waals surface area contributed by atoms with Gasteiger partial charge >= 0.3 is 12.1 Å². The lowest BCUT2D eigenvalue weighted by Crippen LogP contribution is -2.43. The molecule has 2 heterocycles. The van der Waals surface area contributed by atoms with Crippen LogP contribution in [0.3, 0.4) is 0 Å². The standard InChI is InChI=1S/C29H42F3N3O3/c1-19(2)6-11-33-18-23-17-28(23,3)27(38)35-14-7-20(8-15-35)24-5-4-22(29(30,31)32)16-25(24)34-12-9-21(10-13-34)26(36)37/h4-5,16,19-21,23,33H,6-15,17-18H2,1-3H3,(H,36,37). The fourth-order valence-electron chi connectivity index (χ4n) is 6.14. The number of carbonyl (C=O) groups excluding carboxylic acids is 1. The van der Waals surface area contributed by atoms with Gasteiger partial charge in [-0.1, -0.05) is 26.8 Å². The van der Waals surface area contributed by atoms with E-state index in [-0.39, 0.29) is 17.2 Å². The summed E-state index contributed by atoms with van der Waals surface area (Å²) in [4.78, 5) is 28.6. The van der Waals surface area contributed by atoms with Crippen LogP contribution in [0.2, 0.25) is 0 Å². The second-order valence-corrected chi connectivity index (χ2v) is 12.1. The van der Waals surface area contributed by atoms with Gasteiger partial charge in [0, 0.05) is 31.9 Å². The number of likely N-dealkylation sites (tertiary alicyclic amines) is 1. The van der Waals surface area contributed by atoms with Gasteiger partial charge in [0.25, 0.3) is 0 Å². The van der Waals surface area contributed by atoms with Crippen LogP contribution >= 0.6 is 0 Å². The van der Waals surface area contributed by atoms with Crippen molar-refractivity contribution < 1.29 is 27.9 Å². The predicted octanol–water partition coefficient (Wildman–Crippen LogP) is 5.37. The second-order valence-electron chi connectivity index (χ2n) is 12.1. The van der Waals surface area contributed by atoms with Crippen LogP contribution < -0.4 is 10.2 Å². The molecule has 6 nitrogen and oxygen atoms in total. The summed E-state index contributed by atoms with van der Waals surface area (Å²) in [6, 6.07) is 3.99. The van der Waals surface area contributed by atoms with E-state index in [1.54, 1.807) is 6.07 Å². The summed E-state index contributed by atoms with van der Waals surface area (Å²) in [5, 5.41) is 12.8. The molecule has 0 bridgehead atoms. The molecule has 3 aliphatic rings. The van der Waals surface area contributed by atoms with Crippen LogP contribution in [-0.2, 0) is 15.8 Å². The normalized spacial score (nSPS) is 25.2. The summed E-state index contributed by atoms with van der Waals surface area (Å²) in [5.74, 6) is -0.0198. The maximum Gasteiger partial charge on any atom is 0.416 e. The number of nitrogens with one attached hydrogen (secondary N) is 1. The van der Waals surface area contributed by atoms with E-state index < -0.39 is 23.6 Å². The highest BCUT2D eigenvalue weighted by molar-refractivity contribution is 5.85. The van der Waals surface area contributed by atoms with E-state index in [9.17, 15) is 27.9 Å². The molecular formula is C29H42F3N3O3. The third-order valence-electron chi connectivity index (χ3n) is 8.95. The van der Waals surface area contributed by atoms with Gasteiger partial charge in [-0.3, -0.25) is 9.59 Å². The largest absolute Gasteiger partial charge is 0.481 e. The van der Waals surface area contributed by atoms with Crippen molar-refractivity contribution in [2.75, 3.05) is 44.2 Å². The lowest BCUT2D eigenvalue weighted by Gasteiger charge is -2.38. The van der Waals surface area contributed by atoms with Crippen molar-refractivity contribution in [3.8, 4) is 0 Å². The minimum Gasteiger partial charge on any atom is -0.481 e. The first-order valence-electron chi connectivity index (χ1n) is 14.1. The monoisotopic (exact) mass is 537 g/mol. The summed E-state index contributed by atoms with van der Waals surface area (Å²) in [7, 11) is 0. The molecule has 9 heteroatoms. The van der Waals surface area contributed by atoms with Crippen LogP contribution in [0.4, 0.5) is 18.9 Å². The quantitative estimate of drug-likeness (QED) is 0.414. The molecule has 2 aliphatic heterocycles. The average Bonchev–Trinajstić information content (AvgIpc) is 3.56. The zero-order chi connectivity index (χ0) is 27.7. The minimum absolute atomic E-state index is 0.0639. The number of aliphatic carboxylic acids is 1. The Hall–Kier alpha value is -2.29. The van der Waals surface area contributed by atoms with Gasteiger partial charge < -0.3 is 20.2 Å². The number of piperidine rings is 2. The molecular weight excluding hydrogens is 495 g/mol. The average molecular weight is 538 g/mol. The molecule has 1 aromatic rings. The molecule has 3 fully saturated rings. The Labute approximate surface area is 223 Å². The van der Waals surface area contributed by atoms with Gasteiger partial charge in [0.1, 0.15) is 0 Å². The molecule has 2 atom stereocenters. The number of rotatable bonds is 9. The summed E-state index contributed by atoms with van der Waals surface area (Å²) < 4.78 is 40.7. The number of anilines is 1. The summed E-state index contributed by atoms with van der Waals surface area (Å²) in [5.41, 5.74) is 0.448. The second kappa shape index (κ2) is 11.4. The number of nitrogens with zero attached hydrogens (tertiary/aromatic N) is 2. The van der Waals surface area contributed by atoms with Gasteiger partial charge in [-0.2, -0.15) is 13.2 Å². The number of hydrogen-bond donors (Lipinski definition) is 2. The lowest BCUT2D eigenvalue weighted by molar-refractivity contribution is -0.142. The number of carboxylic acid groups (broad SMARTS) is 1. The maximum absolute atomic E-state index is 13.6. The van der Waals surface area contributed by atoms with Gasteiger partial charge in [0.2, 0.25) is 5.91 Å². The Morgan fingerprint density at radius 2 is 1.76 bits per heavy atom. The van der Waals surface area contributed by atoms with Crippen molar-refractivity contribution in [2.45, 2.75) is 71.4 Å². The number of halogens is 3. The molecule has 2 saturated heterocycles. The number of benzene rings is 1. The SMILES string of the molecule is CC(C)CCNCC1CC1(C)C(=O)N1CCC(c2ccc(C(F)(F)F)cc2N2CCC(C(=O)O)CC2)CC1. The minimum atomic E-state index is -4.44. The summed E-state index contributed by atoms with van der Waals surface area (Å²) in [6.07, 6.45) is -0.160. The van der Waals surface area contributed by atoms with Crippen LogP contribution in [0.5, 0.6) is 0 Å². The Balaban J connectivity index is 1.39. The Bertz CT molecular complexity index is 999. The molecule has 1 saturated carbocycles.